The molecule has 0 aliphatic carbocycles. The number of benzene rings is 1. The first-order valence-electron chi connectivity index (χ1n) is 7.06. The Labute approximate surface area is 128 Å². The average molecular weight is 341 g/mol. The minimum absolute atomic E-state index is 0.0240. The molecule has 0 saturated carbocycles. The average Bonchev–Trinajstić information content (AvgIpc) is 2.45. The van der Waals surface area contributed by atoms with E-state index in [-0.39, 0.29) is 6.03 Å². The summed E-state index contributed by atoms with van der Waals surface area (Å²) in [6.45, 7) is 4.93. The van der Waals surface area contributed by atoms with E-state index in [1.54, 1.807) is 0 Å². The quantitative estimate of drug-likeness (QED) is 0.854. The molecule has 0 aromatic heterocycles. The largest absolute Gasteiger partial charge is 0.492 e. The molecule has 1 aromatic carbocycles. The fourth-order valence-corrected chi connectivity index (χ4v) is 2.61. The zero-order chi connectivity index (χ0) is 14.4. The number of nitrogens with zero attached hydrogens (tertiary/aromatic N) is 1. The number of urea groups is 1. The van der Waals surface area contributed by atoms with Crippen LogP contribution < -0.4 is 10.1 Å². The van der Waals surface area contributed by atoms with Crippen LogP contribution in [0.1, 0.15) is 19.8 Å². The fourth-order valence-electron chi connectivity index (χ4n) is 2.34. The SMILES string of the molecule is CC1CCCN(C(=O)NCCOc2ccc(Br)cc2)C1. The number of hydrogen-bond donors (Lipinski definition) is 1. The molecule has 0 radical (unpaired) electrons. The summed E-state index contributed by atoms with van der Waals surface area (Å²) in [5.41, 5.74) is 0. The summed E-state index contributed by atoms with van der Waals surface area (Å²) in [6, 6.07) is 7.69. The van der Waals surface area contributed by atoms with Crippen molar-refractivity contribution in [1.82, 2.24) is 10.2 Å². The molecule has 0 spiro atoms. The summed E-state index contributed by atoms with van der Waals surface area (Å²) in [4.78, 5) is 13.8. The lowest BCUT2D eigenvalue weighted by Gasteiger charge is -2.30. The highest BCUT2D eigenvalue weighted by Gasteiger charge is 2.20. The van der Waals surface area contributed by atoms with Gasteiger partial charge in [0.2, 0.25) is 0 Å². The second kappa shape index (κ2) is 7.53. The summed E-state index contributed by atoms with van der Waals surface area (Å²) in [5, 5.41) is 2.91. The van der Waals surface area contributed by atoms with Crippen LogP contribution in [0.15, 0.2) is 28.7 Å². The lowest BCUT2D eigenvalue weighted by Crippen LogP contribution is -2.45. The molecule has 5 heteroatoms. The molecule has 1 atom stereocenters. The number of amides is 2. The number of hydrogen-bond acceptors (Lipinski definition) is 2. The van der Waals surface area contributed by atoms with Gasteiger partial charge in [-0.05, 0) is 43.0 Å². The van der Waals surface area contributed by atoms with Gasteiger partial charge in [-0.3, -0.25) is 0 Å². The molecule has 1 fully saturated rings. The van der Waals surface area contributed by atoms with Crippen molar-refractivity contribution in [2.24, 2.45) is 5.92 Å². The number of halogens is 1. The number of nitrogens with one attached hydrogen (secondary N) is 1. The van der Waals surface area contributed by atoms with Crippen molar-refractivity contribution < 1.29 is 9.53 Å². The molecule has 1 heterocycles. The molecular formula is C15H21BrN2O2. The summed E-state index contributed by atoms with van der Waals surface area (Å²) in [6.07, 6.45) is 2.32. The first-order valence-corrected chi connectivity index (χ1v) is 7.85. The van der Waals surface area contributed by atoms with Crippen LogP contribution in [0.25, 0.3) is 0 Å². The zero-order valence-electron chi connectivity index (χ0n) is 11.8. The van der Waals surface area contributed by atoms with Crippen molar-refractivity contribution in [3.8, 4) is 5.75 Å². The van der Waals surface area contributed by atoms with E-state index in [4.69, 9.17) is 4.74 Å². The zero-order valence-corrected chi connectivity index (χ0v) is 13.4. The van der Waals surface area contributed by atoms with Gasteiger partial charge >= 0.3 is 6.03 Å². The van der Waals surface area contributed by atoms with Gasteiger partial charge in [-0.15, -0.1) is 0 Å². The minimum Gasteiger partial charge on any atom is -0.492 e. The smallest absolute Gasteiger partial charge is 0.317 e. The Morgan fingerprint density at radius 1 is 1.45 bits per heavy atom. The van der Waals surface area contributed by atoms with Crippen LogP contribution in [0.5, 0.6) is 5.75 Å². The molecule has 2 rings (SSSR count). The summed E-state index contributed by atoms with van der Waals surface area (Å²) < 4.78 is 6.59. The van der Waals surface area contributed by atoms with Gasteiger partial charge in [-0.25, -0.2) is 4.79 Å². The third kappa shape index (κ3) is 4.71. The first kappa shape index (κ1) is 15.2. The molecular weight excluding hydrogens is 320 g/mol. The molecule has 1 saturated heterocycles. The Morgan fingerprint density at radius 3 is 2.90 bits per heavy atom. The molecule has 1 aliphatic rings. The van der Waals surface area contributed by atoms with Crippen LogP contribution in [0.4, 0.5) is 4.79 Å². The summed E-state index contributed by atoms with van der Waals surface area (Å²) in [5.74, 6) is 1.42. The van der Waals surface area contributed by atoms with Crippen LogP contribution in [0.3, 0.4) is 0 Å². The summed E-state index contributed by atoms with van der Waals surface area (Å²) >= 11 is 3.38. The highest BCUT2D eigenvalue weighted by Crippen LogP contribution is 2.16. The first-order chi connectivity index (χ1) is 9.65. The number of likely N-dealkylation sites (tertiary alicyclic amines) is 1. The normalized spacial score (nSPS) is 18.7. The Hall–Kier alpha value is -1.23. The number of carbonyl (C=O) groups excluding carboxylic acids is 1. The maximum Gasteiger partial charge on any atom is 0.317 e. The van der Waals surface area contributed by atoms with Crippen molar-refractivity contribution >= 4 is 22.0 Å². The highest BCUT2D eigenvalue weighted by molar-refractivity contribution is 9.10. The lowest BCUT2D eigenvalue weighted by atomic mass is 10.0. The molecule has 0 bridgehead atoms. The molecule has 1 unspecified atom stereocenters. The van der Waals surface area contributed by atoms with Gasteiger partial charge in [-0.1, -0.05) is 22.9 Å². The molecule has 1 N–H and O–H groups in total. The van der Waals surface area contributed by atoms with Crippen LogP contribution in [0.2, 0.25) is 0 Å². The molecule has 20 heavy (non-hydrogen) atoms. The van der Waals surface area contributed by atoms with E-state index in [1.165, 1.54) is 6.42 Å². The van der Waals surface area contributed by atoms with Gasteiger partial charge in [0.1, 0.15) is 12.4 Å². The molecule has 1 aliphatic heterocycles. The number of piperidine rings is 1. The lowest BCUT2D eigenvalue weighted by molar-refractivity contribution is 0.168. The molecule has 110 valence electrons. The predicted molar refractivity (Wildman–Crippen MR) is 83.0 cm³/mol. The van der Waals surface area contributed by atoms with Gasteiger partial charge in [-0.2, -0.15) is 0 Å². The van der Waals surface area contributed by atoms with E-state index in [0.717, 1.165) is 29.7 Å². The number of ether oxygens (including phenoxy) is 1. The van der Waals surface area contributed by atoms with Crippen molar-refractivity contribution in [3.05, 3.63) is 28.7 Å². The van der Waals surface area contributed by atoms with Crippen molar-refractivity contribution in [2.75, 3.05) is 26.2 Å². The minimum atomic E-state index is 0.0240. The van der Waals surface area contributed by atoms with E-state index in [2.05, 4.69) is 28.2 Å². The predicted octanol–water partition coefficient (Wildman–Crippen LogP) is 3.27. The monoisotopic (exact) mass is 340 g/mol. The van der Waals surface area contributed by atoms with E-state index in [0.29, 0.717) is 19.1 Å². The second-order valence-corrected chi connectivity index (χ2v) is 6.14. The number of rotatable bonds is 4. The fraction of sp³-hybridized carbons (Fsp3) is 0.533. The highest BCUT2D eigenvalue weighted by atomic mass is 79.9. The van der Waals surface area contributed by atoms with Gasteiger partial charge in [0.05, 0.1) is 6.54 Å². The van der Waals surface area contributed by atoms with E-state index in [1.807, 2.05) is 29.2 Å². The Kier molecular flexibility index (Phi) is 5.71. The molecule has 4 nitrogen and oxygen atoms in total. The second-order valence-electron chi connectivity index (χ2n) is 5.23. The summed E-state index contributed by atoms with van der Waals surface area (Å²) in [7, 11) is 0. The Balaban J connectivity index is 1.65. The molecule has 2 amide bonds. The topological polar surface area (TPSA) is 41.6 Å². The van der Waals surface area contributed by atoms with Crippen molar-refractivity contribution in [3.63, 3.8) is 0 Å². The number of carbonyl (C=O) groups is 1. The Morgan fingerprint density at radius 2 is 2.20 bits per heavy atom. The molecule has 1 aromatic rings. The van der Waals surface area contributed by atoms with E-state index in [9.17, 15) is 4.79 Å². The maximum absolute atomic E-state index is 12.0. The van der Waals surface area contributed by atoms with Crippen LogP contribution in [-0.2, 0) is 0 Å². The van der Waals surface area contributed by atoms with E-state index < -0.39 is 0 Å². The van der Waals surface area contributed by atoms with Crippen LogP contribution in [0, 0.1) is 5.92 Å². The van der Waals surface area contributed by atoms with Crippen LogP contribution >= 0.6 is 15.9 Å². The third-order valence-electron chi connectivity index (χ3n) is 3.40. The Bertz CT molecular complexity index is 436. The van der Waals surface area contributed by atoms with Gasteiger partial charge in [0.15, 0.2) is 0 Å². The van der Waals surface area contributed by atoms with Gasteiger partial charge < -0.3 is 15.0 Å². The maximum atomic E-state index is 12.0. The van der Waals surface area contributed by atoms with Gasteiger partial charge in [0.25, 0.3) is 0 Å². The van der Waals surface area contributed by atoms with E-state index >= 15 is 0 Å². The van der Waals surface area contributed by atoms with Gasteiger partial charge in [0, 0.05) is 17.6 Å². The van der Waals surface area contributed by atoms with Crippen molar-refractivity contribution in [2.45, 2.75) is 19.8 Å². The van der Waals surface area contributed by atoms with Crippen LogP contribution in [-0.4, -0.2) is 37.2 Å². The van der Waals surface area contributed by atoms with Crippen molar-refractivity contribution in [1.29, 1.82) is 0 Å². The standard InChI is InChI=1S/C15H21BrN2O2/c1-12-3-2-9-18(11-12)15(19)17-8-10-20-14-6-4-13(16)5-7-14/h4-7,12H,2-3,8-11H2,1H3,(H,17,19). The third-order valence-corrected chi connectivity index (χ3v) is 3.93.